The predicted molar refractivity (Wildman–Crippen MR) is 116 cm³/mol. The van der Waals surface area contributed by atoms with Crippen LogP contribution in [0.25, 0.3) is 11.3 Å². The molecule has 29 heavy (non-hydrogen) atoms. The van der Waals surface area contributed by atoms with Crippen molar-refractivity contribution in [1.82, 2.24) is 4.98 Å². The molecule has 0 amide bonds. The number of carbonyl (C=O) groups is 1. The molecular formula is C25H32N2O2. The van der Waals surface area contributed by atoms with Gasteiger partial charge in [0.05, 0.1) is 11.8 Å². The van der Waals surface area contributed by atoms with Gasteiger partial charge >= 0.3 is 5.97 Å². The van der Waals surface area contributed by atoms with E-state index in [4.69, 9.17) is 4.74 Å². The van der Waals surface area contributed by atoms with Crippen molar-refractivity contribution >= 4 is 5.97 Å². The number of esters is 1. The minimum Gasteiger partial charge on any atom is -0.425 e. The summed E-state index contributed by atoms with van der Waals surface area (Å²) in [6.45, 7) is 5.64. The van der Waals surface area contributed by atoms with Crippen LogP contribution in [-0.4, -0.2) is 11.0 Å². The number of unbranched alkanes of at least 4 members (excludes halogenated alkanes) is 5. The summed E-state index contributed by atoms with van der Waals surface area (Å²) < 4.78 is 5.37. The van der Waals surface area contributed by atoms with Crippen molar-refractivity contribution in [1.29, 1.82) is 5.26 Å². The number of rotatable bonds is 11. The van der Waals surface area contributed by atoms with Gasteiger partial charge in [0.2, 0.25) is 0 Å². The van der Waals surface area contributed by atoms with Gasteiger partial charge in [-0.25, -0.2) is 4.79 Å². The van der Waals surface area contributed by atoms with E-state index in [9.17, 15) is 10.1 Å². The number of pyridine rings is 1. The first kappa shape index (κ1) is 22.6. The molecule has 2 aromatic rings. The Labute approximate surface area is 174 Å². The van der Waals surface area contributed by atoms with E-state index in [-0.39, 0.29) is 0 Å². The fraction of sp³-hybridized carbons (Fsp3) is 0.480. The van der Waals surface area contributed by atoms with Crippen LogP contribution in [-0.2, 0) is 11.2 Å². The lowest BCUT2D eigenvalue weighted by Crippen LogP contribution is -2.29. The molecule has 0 spiro atoms. The molecule has 154 valence electrons. The first-order valence-corrected chi connectivity index (χ1v) is 10.7. The quantitative estimate of drug-likeness (QED) is 0.249. The van der Waals surface area contributed by atoms with E-state index in [2.05, 4.69) is 18.0 Å². The number of hydrogen-bond acceptors (Lipinski definition) is 4. The summed E-state index contributed by atoms with van der Waals surface area (Å²) in [6.07, 6.45) is 11.2. The number of aromatic nitrogens is 1. The Kier molecular flexibility index (Phi) is 8.86. The second-order valence-electron chi connectivity index (χ2n) is 7.78. The third-order valence-corrected chi connectivity index (χ3v) is 5.41. The summed E-state index contributed by atoms with van der Waals surface area (Å²) in [7, 11) is 0. The zero-order valence-corrected chi connectivity index (χ0v) is 17.9. The highest BCUT2D eigenvalue weighted by atomic mass is 16.5. The third kappa shape index (κ3) is 6.71. The first-order chi connectivity index (χ1) is 14.0. The molecule has 2 rings (SSSR count). The van der Waals surface area contributed by atoms with Crippen LogP contribution in [0.1, 0.15) is 71.3 Å². The maximum atomic E-state index is 12.2. The molecule has 0 fully saturated rings. The van der Waals surface area contributed by atoms with E-state index in [1.165, 1.54) is 44.1 Å². The number of aryl methyl sites for hydroxylation is 1. The molecule has 1 aromatic heterocycles. The lowest BCUT2D eigenvalue weighted by atomic mass is 9.90. The van der Waals surface area contributed by atoms with Gasteiger partial charge in [0.25, 0.3) is 0 Å². The van der Waals surface area contributed by atoms with Gasteiger partial charge in [-0.3, -0.25) is 4.98 Å². The van der Waals surface area contributed by atoms with E-state index in [0.29, 0.717) is 12.2 Å². The minimum atomic E-state index is -1.12. The van der Waals surface area contributed by atoms with Crippen LogP contribution in [0.5, 0.6) is 5.75 Å². The summed E-state index contributed by atoms with van der Waals surface area (Å²) >= 11 is 0. The minimum absolute atomic E-state index is 0.412. The summed E-state index contributed by atoms with van der Waals surface area (Å²) in [6, 6.07) is 13.5. The van der Waals surface area contributed by atoms with Crippen molar-refractivity contribution in [3.63, 3.8) is 0 Å². The number of nitrogens with zero attached hydrogens (tertiary/aromatic N) is 2. The van der Waals surface area contributed by atoms with Crippen LogP contribution in [0.2, 0.25) is 0 Å². The second-order valence-corrected chi connectivity index (χ2v) is 7.78. The zero-order chi connectivity index (χ0) is 21.1. The van der Waals surface area contributed by atoms with E-state index in [1.807, 2.05) is 30.5 Å². The standard InChI is InChI=1S/C25H32N2O2/c1-4-6-7-8-9-10-11-20-12-17-23(27-18-20)21-13-15-22(16-14-21)29-24(28)25(3,5-2)19-26/h12-18H,4-11H2,1-3H3. The predicted octanol–water partition coefficient (Wildman–Crippen LogP) is 6.50. The van der Waals surface area contributed by atoms with Crippen molar-refractivity contribution in [3.05, 3.63) is 48.2 Å². The molecule has 1 aromatic carbocycles. The number of benzene rings is 1. The SMILES string of the molecule is CCCCCCCCc1ccc(-c2ccc(OC(=O)C(C)(C#N)CC)cc2)nc1. The molecule has 4 heteroatoms. The number of nitriles is 1. The molecule has 1 unspecified atom stereocenters. The summed E-state index contributed by atoms with van der Waals surface area (Å²) in [5.41, 5.74) is 2.01. The number of hydrogen-bond donors (Lipinski definition) is 0. The Morgan fingerprint density at radius 3 is 2.31 bits per heavy atom. The highest BCUT2D eigenvalue weighted by Crippen LogP contribution is 2.26. The average molecular weight is 393 g/mol. The molecule has 0 radical (unpaired) electrons. The number of carbonyl (C=O) groups excluding carboxylic acids is 1. The third-order valence-electron chi connectivity index (χ3n) is 5.41. The summed E-state index contributed by atoms with van der Waals surface area (Å²) in [5, 5.41) is 9.19. The fourth-order valence-corrected chi connectivity index (χ4v) is 3.04. The Hall–Kier alpha value is -2.67. The van der Waals surface area contributed by atoms with Crippen LogP contribution >= 0.6 is 0 Å². The molecule has 0 aliphatic heterocycles. The summed E-state index contributed by atoms with van der Waals surface area (Å²) in [5.74, 6) is -0.0826. The normalized spacial score (nSPS) is 12.8. The van der Waals surface area contributed by atoms with E-state index in [1.54, 1.807) is 26.0 Å². The smallest absolute Gasteiger partial charge is 0.331 e. The molecule has 1 atom stereocenters. The molecule has 0 saturated carbocycles. The largest absolute Gasteiger partial charge is 0.425 e. The van der Waals surface area contributed by atoms with Gasteiger partial charge in [-0.05, 0) is 62.1 Å². The molecule has 1 heterocycles. The monoisotopic (exact) mass is 392 g/mol. The van der Waals surface area contributed by atoms with Crippen LogP contribution in [0.15, 0.2) is 42.6 Å². The lowest BCUT2D eigenvalue weighted by Gasteiger charge is -2.17. The molecule has 4 nitrogen and oxygen atoms in total. The highest BCUT2D eigenvalue weighted by molar-refractivity contribution is 5.81. The van der Waals surface area contributed by atoms with Gasteiger partial charge < -0.3 is 4.74 Å². The van der Waals surface area contributed by atoms with Gasteiger partial charge in [-0.15, -0.1) is 0 Å². The van der Waals surface area contributed by atoms with Crippen molar-refractivity contribution < 1.29 is 9.53 Å². The Balaban J connectivity index is 1.90. The fourth-order valence-electron chi connectivity index (χ4n) is 3.04. The van der Waals surface area contributed by atoms with Crippen molar-refractivity contribution in [2.45, 2.75) is 72.1 Å². The molecular weight excluding hydrogens is 360 g/mol. The lowest BCUT2D eigenvalue weighted by molar-refractivity contribution is -0.141. The molecule has 0 N–H and O–H groups in total. The highest BCUT2D eigenvalue weighted by Gasteiger charge is 2.33. The Morgan fingerprint density at radius 1 is 1.03 bits per heavy atom. The van der Waals surface area contributed by atoms with Gasteiger partial charge in [0.15, 0.2) is 5.41 Å². The Morgan fingerprint density at radius 2 is 1.72 bits per heavy atom. The molecule has 0 aliphatic carbocycles. The Bertz CT molecular complexity index is 806. The van der Waals surface area contributed by atoms with Crippen LogP contribution in [0, 0.1) is 16.7 Å². The average Bonchev–Trinajstić information content (AvgIpc) is 2.76. The van der Waals surface area contributed by atoms with Crippen molar-refractivity contribution in [3.8, 4) is 23.1 Å². The molecule has 0 saturated heterocycles. The van der Waals surface area contributed by atoms with Crippen LogP contribution in [0.3, 0.4) is 0 Å². The van der Waals surface area contributed by atoms with Crippen molar-refractivity contribution in [2.75, 3.05) is 0 Å². The van der Waals surface area contributed by atoms with Crippen LogP contribution in [0.4, 0.5) is 0 Å². The van der Waals surface area contributed by atoms with Crippen LogP contribution < -0.4 is 4.74 Å². The van der Waals surface area contributed by atoms with Gasteiger partial charge in [-0.2, -0.15) is 5.26 Å². The maximum absolute atomic E-state index is 12.2. The van der Waals surface area contributed by atoms with E-state index >= 15 is 0 Å². The molecule has 0 aliphatic rings. The van der Waals surface area contributed by atoms with Crippen molar-refractivity contribution in [2.24, 2.45) is 5.41 Å². The van der Waals surface area contributed by atoms with Gasteiger partial charge in [0, 0.05) is 11.8 Å². The second kappa shape index (κ2) is 11.4. The topological polar surface area (TPSA) is 63.0 Å². The summed E-state index contributed by atoms with van der Waals surface area (Å²) in [4.78, 5) is 16.8. The van der Waals surface area contributed by atoms with Gasteiger partial charge in [0.1, 0.15) is 5.75 Å². The van der Waals surface area contributed by atoms with E-state index in [0.717, 1.165) is 17.7 Å². The first-order valence-electron chi connectivity index (χ1n) is 10.7. The molecule has 0 bridgehead atoms. The zero-order valence-electron chi connectivity index (χ0n) is 17.9. The maximum Gasteiger partial charge on any atom is 0.331 e. The van der Waals surface area contributed by atoms with Gasteiger partial charge in [-0.1, -0.05) is 52.0 Å². The van der Waals surface area contributed by atoms with E-state index < -0.39 is 11.4 Å². The number of ether oxygens (including phenoxy) is 1.